The highest BCUT2D eigenvalue weighted by atomic mass is 19.4. The molecule has 41 heavy (non-hydrogen) atoms. The number of aliphatic carboxylic acids is 2. The number of nitrogens with zero attached hydrogens (tertiary/aromatic N) is 3. The van der Waals surface area contributed by atoms with E-state index in [9.17, 15) is 31.1 Å². The zero-order valence-electron chi connectivity index (χ0n) is 22.9. The van der Waals surface area contributed by atoms with Crippen molar-refractivity contribution < 1.29 is 60.2 Å². The summed E-state index contributed by atoms with van der Waals surface area (Å²) in [5.41, 5.74) is 2.02. The van der Waals surface area contributed by atoms with Crippen molar-refractivity contribution in [2.75, 3.05) is 32.8 Å². The lowest BCUT2D eigenvalue weighted by molar-refractivity contribution is -0.203. The normalized spacial score (nSPS) is 20.8. The molecule has 0 aromatic carbocycles. The number of aryl methyl sites for hydroxylation is 2. The van der Waals surface area contributed by atoms with Gasteiger partial charge in [-0.25, -0.2) is 9.59 Å². The predicted octanol–water partition coefficient (Wildman–Crippen LogP) is 2.75. The van der Waals surface area contributed by atoms with E-state index in [2.05, 4.69) is 20.3 Å². The number of carboxylic acid groups (broad SMARTS) is 2. The molecular weight excluding hydrogens is 570 g/mol. The second-order valence-electron chi connectivity index (χ2n) is 10.6. The van der Waals surface area contributed by atoms with Crippen LogP contribution in [0.1, 0.15) is 43.7 Å². The largest absolute Gasteiger partial charge is 0.490 e. The molecule has 0 bridgehead atoms. The minimum Gasteiger partial charge on any atom is -0.475 e. The lowest BCUT2D eigenvalue weighted by Gasteiger charge is -2.55. The molecular formula is C24H34F6N4O7. The first-order valence-electron chi connectivity index (χ1n) is 12.7. The Labute approximate surface area is 231 Å². The summed E-state index contributed by atoms with van der Waals surface area (Å²) in [7, 11) is 0. The first-order valence-corrected chi connectivity index (χ1v) is 12.7. The Morgan fingerprint density at radius 2 is 1.54 bits per heavy atom. The van der Waals surface area contributed by atoms with E-state index in [1.807, 2.05) is 27.7 Å². The van der Waals surface area contributed by atoms with Gasteiger partial charge in [0, 0.05) is 44.3 Å². The Bertz CT molecular complexity index is 1020. The number of hydrogen-bond donors (Lipinski definition) is 3. The van der Waals surface area contributed by atoms with Crippen LogP contribution in [-0.2, 0) is 25.7 Å². The first-order chi connectivity index (χ1) is 18.7. The smallest absolute Gasteiger partial charge is 0.475 e. The average Bonchev–Trinajstić information content (AvgIpc) is 3.57. The summed E-state index contributed by atoms with van der Waals surface area (Å²) in [6.07, 6.45) is -7.58. The van der Waals surface area contributed by atoms with E-state index in [0.717, 1.165) is 50.1 Å². The molecule has 1 aromatic rings. The van der Waals surface area contributed by atoms with E-state index < -0.39 is 24.3 Å². The van der Waals surface area contributed by atoms with Gasteiger partial charge >= 0.3 is 24.3 Å². The monoisotopic (exact) mass is 604 g/mol. The van der Waals surface area contributed by atoms with Gasteiger partial charge in [0.1, 0.15) is 17.4 Å². The van der Waals surface area contributed by atoms with E-state index >= 15 is 0 Å². The van der Waals surface area contributed by atoms with Gasteiger partial charge in [-0.2, -0.15) is 26.3 Å². The second kappa shape index (κ2) is 13.4. The highest BCUT2D eigenvalue weighted by molar-refractivity contribution is 5.82. The molecule has 2 aliphatic heterocycles. The third-order valence-electron chi connectivity index (χ3n) is 6.47. The molecule has 2 saturated heterocycles. The molecule has 3 aliphatic rings. The minimum absolute atomic E-state index is 0.104. The van der Waals surface area contributed by atoms with Gasteiger partial charge in [0.25, 0.3) is 0 Å². The van der Waals surface area contributed by atoms with Crippen molar-refractivity contribution in [2.24, 2.45) is 5.92 Å². The summed E-state index contributed by atoms with van der Waals surface area (Å²) in [6, 6.07) is 0.000595. The molecule has 3 fully saturated rings. The van der Waals surface area contributed by atoms with Crippen molar-refractivity contribution in [3.8, 4) is 0 Å². The van der Waals surface area contributed by atoms with E-state index in [1.165, 1.54) is 18.4 Å². The van der Waals surface area contributed by atoms with Crippen molar-refractivity contribution in [1.82, 2.24) is 20.3 Å². The molecule has 0 radical (unpaired) electrons. The van der Waals surface area contributed by atoms with Gasteiger partial charge in [-0.1, -0.05) is 5.16 Å². The average molecular weight is 605 g/mol. The molecule has 3 heterocycles. The van der Waals surface area contributed by atoms with Crippen molar-refractivity contribution in [2.45, 2.75) is 77.1 Å². The number of carbonyl (C=O) groups is 3. The Morgan fingerprint density at radius 1 is 1.02 bits per heavy atom. The number of aromatic nitrogens is 1. The molecule has 1 spiro atoms. The predicted molar refractivity (Wildman–Crippen MR) is 129 cm³/mol. The number of rotatable bonds is 6. The van der Waals surface area contributed by atoms with Gasteiger partial charge in [0.15, 0.2) is 0 Å². The summed E-state index contributed by atoms with van der Waals surface area (Å²) in [6.45, 7) is 13.0. The van der Waals surface area contributed by atoms with Gasteiger partial charge in [0.05, 0.1) is 12.3 Å². The number of ether oxygens (including phenoxy) is 1. The van der Waals surface area contributed by atoms with E-state index in [1.54, 1.807) is 0 Å². The van der Waals surface area contributed by atoms with Crippen molar-refractivity contribution >= 4 is 17.8 Å². The SMILES string of the molecule is Cc1noc(C)c1CN1CC2(C1)CN(CC1CC1)C(C(=O)NC(C)C)CO2.O=C(O)C(F)(F)F.O=C(O)C(F)(F)F. The molecule has 1 amide bonds. The van der Waals surface area contributed by atoms with Crippen LogP contribution in [0, 0.1) is 19.8 Å². The fraction of sp³-hybridized carbons (Fsp3) is 0.750. The van der Waals surface area contributed by atoms with Crippen LogP contribution in [-0.4, -0.2) is 106 Å². The number of nitrogens with one attached hydrogen (secondary N) is 1. The standard InChI is InChI=1S/C20H32N4O3.2C2HF3O2/c1-13(2)21-19(25)18-9-26-20(12-24(18)7-16-5-6-16)10-23(11-20)8-17-14(3)22-27-15(17)4;2*3-2(4,5)1(6)7/h13,16,18H,5-12H2,1-4H3,(H,21,25);2*(H,6,7). The summed E-state index contributed by atoms with van der Waals surface area (Å²) in [5.74, 6) is -3.75. The molecule has 1 aromatic heterocycles. The van der Waals surface area contributed by atoms with Gasteiger partial charge in [-0.3, -0.25) is 14.6 Å². The lowest BCUT2D eigenvalue weighted by Crippen LogP contribution is -2.72. The van der Waals surface area contributed by atoms with E-state index in [4.69, 9.17) is 29.1 Å². The first kappa shape index (κ1) is 34.3. The van der Waals surface area contributed by atoms with Crippen LogP contribution < -0.4 is 5.32 Å². The quantitative estimate of drug-likeness (QED) is 0.415. The fourth-order valence-electron chi connectivity index (χ4n) is 4.36. The van der Waals surface area contributed by atoms with Gasteiger partial charge in [-0.05, 0) is 46.5 Å². The van der Waals surface area contributed by atoms with Crippen LogP contribution in [0.25, 0.3) is 0 Å². The highest BCUT2D eigenvalue weighted by Gasteiger charge is 2.51. The third-order valence-corrected chi connectivity index (χ3v) is 6.47. The Hall–Kier alpha value is -2.92. The van der Waals surface area contributed by atoms with Crippen LogP contribution in [0.2, 0.25) is 0 Å². The maximum Gasteiger partial charge on any atom is 0.490 e. The molecule has 4 rings (SSSR count). The number of amides is 1. The number of alkyl halides is 6. The third kappa shape index (κ3) is 10.5. The van der Waals surface area contributed by atoms with Gasteiger partial charge < -0.3 is 24.8 Å². The molecule has 11 nitrogen and oxygen atoms in total. The minimum atomic E-state index is -5.08. The van der Waals surface area contributed by atoms with Crippen LogP contribution in [0.3, 0.4) is 0 Å². The number of hydrogen-bond acceptors (Lipinski definition) is 8. The molecule has 1 saturated carbocycles. The van der Waals surface area contributed by atoms with Crippen LogP contribution >= 0.6 is 0 Å². The van der Waals surface area contributed by atoms with Crippen LogP contribution in [0.5, 0.6) is 0 Å². The summed E-state index contributed by atoms with van der Waals surface area (Å²) >= 11 is 0. The van der Waals surface area contributed by atoms with Crippen LogP contribution in [0.15, 0.2) is 4.52 Å². The number of morpholine rings is 1. The van der Waals surface area contributed by atoms with Gasteiger partial charge in [-0.15, -0.1) is 0 Å². The molecule has 234 valence electrons. The van der Waals surface area contributed by atoms with Crippen molar-refractivity contribution in [3.05, 3.63) is 17.0 Å². The molecule has 1 unspecified atom stereocenters. The second-order valence-corrected chi connectivity index (χ2v) is 10.6. The van der Waals surface area contributed by atoms with E-state index in [0.29, 0.717) is 6.61 Å². The zero-order chi connectivity index (χ0) is 31.3. The maximum atomic E-state index is 12.6. The highest BCUT2D eigenvalue weighted by Crippen LogP contribution is 2.36. The number of carboxylic acids is 2. The Balaban J connectivity index is 0.000000349. The summed E-state index contributed by atoms with van der Waals surface area (Å²) in [5, 5.41) is 21.4. The van der Waals surface area contributed by atoms with Gasteiger partial charge in [0.2, 0.25) is 5.91 Å². The maximum absolute atomic E-state index is 12.6. The van der Waals surface area contributed by atoms with Crippen molar-refractivity contribution in [1.29, 1.82) is 0 Å². The topological polar surface area (TPSA) is 145 Å². The molecule has 3 N–H and O–H groups in total. The van der Waals surface area contributed by atoms with Crippen LogP contribution in [0.4, 0.5) is 26.3 Å². The molecule has 17 heteroatoms. The number of likely N-dealkylation sites (tertiary alicyclic amines) is 1. The summed E-state index contributed by atoms with van der Waals surface area (Å²) < 4.78 is 75.0. The lowest BCUT2D eigenvalue weighted by atomic mass is 9.89. The van der Waals surface area contributed by atoms with Crippen molar-refractivity contribution in [3.63, 3.8) is 0 Å². The van der Waals surface area contributed by atoms with E-state index in [-0.39, 0.29) is 23.6 Å². The molecule has 1 atom stereocenters. The number of halogens is 6. The summed E-state index contributed by atoms with van der Waals surface area (Å²) in [4.78, 5) is 35.2. The Morgan fingerprint density at radius 3 is 1.93 bits per heavy atom. The number of carbonyl (C=O) groups excluding carboxylic acids is 1. The molecule has 1 aliphatic carbocycles. The fourth-order valence-corrected chi connectivity index (χ4v) is 4.36. The Kier molecular flexibility index (Phi) is 11.2. The zero-order valence-corrected chi connectivity index (χ0v) is 22.9.